The third kappa shape index (κ3) is 3.86. The van der Waals surface area contributed by atoms with E-state index in [0.717, 1.165) is 32.4 Å². The molecule has 10 heteroatoms. The lowest BCUT2D eigenvalue weighted by Gasteiger charge is -2.33. The summed E-state index contributed by atoms with van der Waals surface area (Å²) < 4.78 is 26.1. The van der Waals surface area contributed by atoms with Gasteiger partial charge < -0.3 is 4.90 Å². The zero-order valence-electron chi connectivity index (χ0n) is 13.2. The van der Waals surface area contributed by atoms with E-state index >= 15 is 0 Å². The molecule has 9 nitrogen and oxygen atoms in total. The number of hydrogen-bond acceptors (Lipinski definition) is 6. The molecule has 0 saturated carbocycles. The molecule has 1 aromatic rings. The first-order chi connectivity index (χ1) is 10.9. The molecular weight excluding hydrogens is 320 g/mol. The number of carbonyl (C=O) groups is 1. The van der Waals surface area contributed by atoms with E-state index in [1.54, 1.807) is 4.31 Å². The third-order valence-electron chi connectivity index (χ3n) is 4.90. The number of sulfonamides is 1. The van der Waals surface area contributed by atoms with Crippen LogP contribution < -0.4 is 0 Å². The summed E-state index contributed by atoms with van der Waals surface area (Å²) in [5.41, 5.74) is 0. The van der Waals surface area contributed by atoms with Crippen molar-refractivity contribution in [2.45, 2.75) is 25.8 Å². The van der Waals surface area contributed by atoms with Gasteiger partial charge >= 0.3 is 0 Å². The first-order valence-corrected chi connectivity index (χ1v) is 9.72. The predicted octanol–water partition coefficient (Wildman–Crippen LogP) is -0.807. The van der Waals surface area contributed by atoms with E-state index in [0.29, 0.717) is 24.9 Å². The molecule has 1 amide bonds. The lowest BCUT2D eigenvalue weighted by molar-refractivity contribution is -0.131. The molecule has 3 heterocycles. The second kappa shape index (κ2) is 6.52. The summed E-state index contributed by atoms with van der Waals surface area (Å²) in [6.45, 7) is 2.88. The zero-order valence-corrected chi connectivity index (χ0v) is 14.0. The molecule has 0 spiro atoms. The van der Waals surface area contributed by atoms with Crippen LogP contribution in [0.1, 0.15) is 19.3 Å². The molecular formula is C13H22N6O3S. The van der Waals surface area contributed by atoms with Crippen LogP contribution in [0.25, 0.3) is 0 Å². The van der Waals surface area contributed by atoms with Gasteiger partial charge in [-0.2, -0.15) is 0 Å². The molecule has 2 aliphatic heterocycles. The van der Waals surface area contributed by atoms with Crippen LogP contribution >= 0.6 is 0 Å². The van der Waals surface area contributed by atoms with Crippen molar-refractivity contribution in [1.82, 2.24) is 29.4 Å². The van der Waals surface area contributed by atoms with E-state index in [9.17, 15) is 13.2 Å². The summed E-state index contributed by atoms with van der Waals surface area (Å²) in [4.78, 5) is 14.1. The van der Waals surface area contributed by atoms with Gasteiger partial charge in [0.2, 0.25) is 15.9 Å². The standard InChI is InChI=1S/C13H22N6O3S/c1-23(21,22)19-6-3-11(4-7-19)12-2-5-17(8-12)13(20)9-18-10-14-15-16-18/h10-12H,2-9H2,1H3. The smallest absolute Gasteiger partial charge is 0.244 e. The Morgan fingerprint density at radius 3 is 2.48 bits per heavy atom. The number of tetrazole rings is 1. The Bertz CT molecular complexity index is 639. The van der Waals surface area contributed by atoms with Gasteiger partial charge in [0, 0.05) is 26.2 Å². The Hall–Kier alpha value is -1.55. The molecule has 2 aliphatic rings. The maximum Gasteiger partial charge on any atom is 0.244 e. The minimum absolute atomic E-state index is 0.0355. The molecule has 128 valence electrons. The molecule has 3 rings (SSSR count). The van der Waals surface area contributed by atoms with Crippen LogP contribution in [0.3, 0.4) is 0 Å². The summed E-state index contributed by atoms with van der Waals surface area (Å²) in [5, 5.41) is 10.8. The molecule has 0 bridgehead atoms. The van der Waals surface area contributed by atoms with Crippen molar-refractivity contribution in [1.29, 1.82) is 0 Å². The van der Waals surface area contributed by atoms with E-state index in [4.69, 9.17) is 0 Å². The monoisotopic (exact) mass is 342 g/mol. The molecule has 23 heavy (non-hydrogen) atoms. The molecule has 2 fully saturated rings. The van der Waals surface area contributed by atoms with Gasteiger partial charge in [0.05, 0.1) is 6.26 Å². The van der Waals surface area contributed by atoms with Crippen LogP contribution in [0.5, 0.6) is 0 Å². The van der Waals surface area contributed by atoms with E-state index in [1.807, 2.05) is 4.90 Å². The minimum Gasteiger partial charge on any atom is -0.341 e. The fourth-order valence-electron chi connectivity index (χ4n) is 3.57. The van der Waals surface area contributed by atoms with Gasteiger partial charge in [-0.1, -0.05) is 0 Å². The fraction of sp³-hybridized carbons (Fsp3) is 0.846. The van der Waals surface area contributed by atoms with Crippen LogP contribution in [0.2, 0.25) is 0 Å². The van der Waals surface area contributed by atoms with Crippen LogP contribution in [0.4, 0.5) is 0 Å². The highest BCUT2D eigenvalue weighted by Crippen LogP contribution is 2.32. The molecule has 1 atom stereocenters. The van der Waals surface area contributed by atoms with E-state index in [-0.39, 0.29) is 12.5 Å². The second-order valence-corrected chi connectivity index (χ2v) is 8.38. The number of rotatable bonds is 4. The number of nitrogens with zero attached hydrogens (tertiary/aromatic N) is 6. The van der Waals surface area contributed by atoms with Gasteiger partial charge in [0.25, 0.3) is 0 Å². The number of amides is 1. The van der Waals surface area contributed by atoms with E-state index in [2.05, 4.69) is 15.5 Å². The third-order valence-corrected chi connectivity index (χ3v) is 6.20. The number of likely N-dealkylation sites (tertiary alicyclic amines) is 1. The van der Waals surface area contributed by atoms with Crippen LogP contribution in [-0.2, 0) is 21.4 Å². The number of hydrogen-bond donors (Lipinski definition) is 0. The van der Waals surface area contributed by atoms with Crippen LogP contribution in [0.15, 0.2) is 6.33 Å². The van der Waals surface area contributed by atoms with Gasteiger partial charge in [-0.3, -0.25) is 4.79 Å². The lowest BCUT2D eigenvalue weighted by atomic mass is 9.84. The van der Waals surface area contributed by atoms with Crippen molar-refractivity contribution >= 4 is 15.9 Å². The predicted molar refractivity (Wildman–Crippen MR) is 81.6 cm³/mol. The van der Waals surface area contributed by atoms with Gasteiger partial charge in [0.15, 0.2) is 0 Å². The summed E-state index contributed by atoms with van der Waals surface area (Å²) in [6, 6.07) is 0. The Labute approximate surface area is 135 Å². The summed E-state index contributed by atoms with van der Waals surface area (Å²) >= 11 is 0. The second-order valence-electron chi connectivity index (χ2n) is 6.40. The highest BCUT2D eigenvalue weighted by atomic mass is 32.2. The highest BCUT2D eigenvalue weighted by molar-refractivity contribution is 7.88. The Balaban J connectivity index is 1.49. The van der Waals surface area contributed by atoms with Crippen molar-refractivity contribution in [3.8, 4) is 0 Å². The van der Waals surface area contributed by atoms with Crippen molar-refractivity contribution in [3.05, 3.63) is 6.33 Å². The zero-order chi connectivity index (χ0) is 16.4. The molecule has 0 radical (unpaired) electrons. The topological polar surface area (TPSA) is 101 Å². The molecule has 1 aromatic heterocycles. The Kier molecular flexibility index (Phi) is 4.62. The maximum atomic E-state index is 12.2. The van der Waals surface area contributed by atoms with Crippen molar-refractivity contribution in [3.63, 3.8) is 0 Å². The highest BCUT2D eigenvalue weighted by Gasteiger charge is 2.35. The number of piperidine rings is 1. The average molecular weight is 342 g/mol. The molecule has 0 N–H and O–H groups in total. The molecule has 0 aliphatic carbocycles. The average Bonchev–Trinajstić information content (AvgIpc) is 3.17. The van der Waals surface area contributed by atoms with E-state index < -0.39 is 10.0 Å². The van der Waals surface area contributed by atoms with Gasteiger partial charge in [-0.25, -0.2) is 17.4 Å². The SMILES string of the molecule is CS(=O)(=O)N1CCC(C2CCN(C(=O)Cn3cnnn3)C2)CC1. The van der Waals surface area contributed by atoms with Crippen LogP contribution in [0, 0.1) is 11.8 Å². The van der Waals surface area contributed by atoms with Gasteiger partial charge in [-0.05, 0) is 41.5 Å². The lowest BCUT2D eigenvalue weighted by Crippen LogP contribution is -2.40. The number of aromatic nitrogens is 4. The first-order valence-electron chi connectivity index (χ1n) is 7.87. The van der Waals surface area contributed by atoms with E-state index in [1.165, 1.54) is 17.3 Å². The van der Waals surface area contributed by atoms with Crippen molar-refractivity contribution < 1.29 is 13.2 Å². The van der Waals surface area contributed by atoms with Crippen molar-refractivity contribution in [2.75, 3.05) is 32.4 Å². The molecule has 1 unspecified atom stereocenters. The largest absolute Gasteiger partial charge is 0.341 e. The normalized spacial score (nSPS) is 24.2. The summed E-state index contributed by atoms with van der Waals surface area (Å²) in [6.07, 6.45) is 5.46. The summed E-state index contributed by atoms with van der Waals surface area (Å²) in [7, 11) is -3.08. The van der Waals surface area contributed by atoms with Crippen molar-refractivity contribution in [2.24, 2.45) is 11.8 Å². The summed E-state index contributed by atoms with van der Waals surface area (Å²) in [5.74, 6) is 1.00. The quantitative estimate of drug-likeness (QED) is 0.709. The Morgan fingerprint density at radius 1 is 1.17 bits per heavy atom. The molecule has 0 aromatic carbocycles. The molecule has 2 saturated heterocycles. The fourth-order valence-corrected chi connectivity index (χ4v) is 4.44. The maximum absolute atomic E-state index is 12.2. The van der Waals surface area contributed by atoms with Gasteiger partial charge in [0.1, 0.15) is 12.9 Å². The first kappa shape index (κ1) is 16.3. The number of carbonyl (C=O) groups excluding carboxylic acids is 1. The minimum atomic E-state index is -3.08. The Morgan fingerprint density at radius 2 is 1.87 bits per heavy atom. The van der Waals surface area contributed by atoms with Gasteiger partial charge in [-0.15, -0.1) is 5.10 Å². The van der Waals surface area contributed by atoms with Crippen LogP contribution in [-0.4, -0.2) is 76.2 Å².